The number of alkyl carbamates (subject to hydrolysis) is 1. The fourth-order valence-electron chi connectivity index (χ4n) is 3.47. The van der Waals surface area contributed by atoms with E-state index < -0.39 is 29.8 Å². The molecule has 1 aliphatic rings. The third-order valence-corrected chi connectivity index (χ3v) is 5.26. The van der Waals surface area contributed by atoms with Crippen LogP contribution < -0.4 is 10.2 Å². The van der Waals surface area contributed by atoms with Gasteiger partial charge in [-0.3, -0.25) is 0 Å². The second-order valence-corrected chi connectivity index (χ2v) is 7.73. The molecule has 0 bridgehead atoms. The molecule has 12 heteroatoms. The van der Waals surface area contributed by atoms with Crippen molar-refractivity contribution in [3.63, 3.8) is 0 Å². The van der Waals surface area contributed by atoms with Crippen LogP contribution in [0.2, 0.25) is 0 Å². The predicted octanol–water partition coefficient (Wildman–Crippen LogP) is 4.71. The van der Waals surface area contributed by atoms with Crippen LogP contribution in [0.15, 0.2) is 41.1 Å². The SMILES string of the molecule is O=C(NCc1ccc(-c2noc(C(F)(F)F)n2)cc1F)OCc1ccc(N2CCCCC2)nc1. The fraction of sp³-hybridized carbons (Fsp3) is 0.364. The number of ether oxygens (including phenoxy) is 1. The zero-order valence-electron chi connectivity index (χ0n) is 17.9. The van der Waals surface area contributed by atoms with Gasteiger partial charge in [0.05, 0.1) is 0 Å². The number of alkyl halides is 3. The van der Waals surface area contributed by atoms with Crippen LogP contribution in [0.5, 0.6) is 0 Å². The number of halogens is 4. The first-order chi connectivity index (χ1) is 16.3. The standard InChI is InChI=1S/C22H21F4N5O3/c23-17-10-15(19-29-20(34-30-19)22(24,25)26)5-6-16(17)12-28-21(32)33-13-14-4-7-18(27-11-14)31-8-2-1-3-9-31/h4-7,10-11H,1-3,8-9,12-13H2,(H,28,32). The number of aromatic nitrogens is 3. The Morgan fingerprint density at radius 1 is 1.15 bits per heavy atom. The molecule has 1 amide bonds. The van der Waals surface area contributed by atoms with E-state index in [-0.39, 0.29) is 24.3 Å². The van der Waals surface area contributed by atoms with Crippen LogP contribution in [-0.2, 0) is 24.1 Å². The van der Waals surface area contributed by atoms with E-state index in [2.05, 4.69) is 29.9 Å². The number of nitrogens with one attached hydrogen (secondary N) is 1. The van der Waals surface area contributed by atoms with E-state index in [9.17, 15) is 22.4 Å². The molecule has 34 heavy (non-hydrogen) atoms. The third-order valence-electron chi connectivity index (χ3n) is 5.26. The summed E-state index contributed by atoms with van der Waals surface area (Å²) in [6.45, 7) is 1.77. The topological polar surface area (TPSA) is 93.4 Å². The van der Waals surface area contributed by atoms with Crippen molar-refractivity contribution in [2.45, 2.75) is 38.6 Å². The molecule has 1 aromatic carbocycles. The second-order valence-electron chi connectivity index (χ2n) is 7.73. The number of amides is 1. The molecule has 0 radical (unpaired) electrons. The number of rotatable bonds is 6. The van der Waals surface area contributed by atoms with Crippen LogP contribution in [0.3, 0.4) is 0 Å². The Balaban J connectivity index is 1.27. The quantitative estimate of drug-likeness (QED) is 0.512. The summed E-state index contributed by atoms with van der Waals surface area (Å²) >= 11 is 0. The van der Waals surface area contributed by atoms with E-state index in [0.29, 0.717) is 5.56 Å². The molecular formula is C22H21F4N5O3. The largest absolute Gasteiger partial charge is 0.471 e. The summed E-state index contributed by atoms with van der Waals surface area (Å²) in [6, 6.07) is 7.32. The van der Waals surface area contributed by atoms with Gasteiger partial charge in [-0.2, -0.15) is 18.2 Å². The van der Waals surface area contributed by atoms with Crippen molar-refractivity contribution in [3.8, 4) is 11.4 Å². The van der Waals surface area contributed by atoms with Gasteiger partial charge in [0.15, 0.2) is 0 Å². The fourth-order valence-corrected chi connectivity index (χ4v) is 3.47. The summed E-state index contributed by atoms with van der Waals surface area (Å²) < 4.78 is 61.4. The van der Waals surface area contributed by atoms with Gasteiger partial charge < -0.3 is 19.5 Å². The summed E-state index contributed by atoms with van der Waals surface area (Å²) in [6.07, 6.45) is -0.376. The van der Waals surface area contributed by atoms with Crippen molar-refractivity contribution in [1.29, 1.82) is 0 Å². The molecule has 3 heterocycles. The van der Waals surface area contributed by atoms with Gasteiger partial charge in [-0.05, 0) is 31.4 Å². The summed E-state index contributed by atoms with van der Waals surface area (Å²) in [5, 5.41) is 5.64. The van der Waals surface area contributed by atoms with Crippen molar-refractivity contribution in [3.05, 3.63) is 59.4 Å². The molecule has 4 rings (SSSR count). The minimum absolute atomic E-state index is 0.0000989. The number of hydrogen-bond donors (Lipinski definition) is 1. The Morgan fingerprint density at radius 3 is 2.59 bits per heavy atom. The molecule has 180 valence electrons. The first kappa shape index (κ1) is 23.5. The molecule has 3 aromatic rings. The first-order valence-corrected chi connectivity index (χ1v) is 10.6. The zero-order valence-corrected chi connectivity index (χ0v) is 17.9. The molecular weight excluding hydrogens is 458 g/mol. The van der Waals surface area contributed by atoms with Crippen molar-refractivity contribution < 1.29 is 31.6 Å². The maximum atomic E-state index is 14.4. The maximum absolute atomic E-state index is 14.4. The second kappa shape index (κ2) is 10.1. The van der Waals surface area contributed by atoms with Gasteiger partial charge in [-0.1, -0.05) is 23.4 Å². The molecule has 8 nitrogen and oxygen atoms in total. The van der Waals surface area contributed by atoms with Gasteiger partial charge in [0, 0.05) is 42.5 Å². The van der Waals surface area contributed by atoms with Crippen LogP contribution in [0.1, 0.15) is 36.3 Å². The smallest absolute Gasteiger partial charge is 0.445 e. The van der Waals surface area contributed by atoms with E-state index in [4.69, 9.17) is 4.74 Å². The average molecular weight is 479 g/mol. The van der Waals surface area contributed by atoms with Crippen LogP contribution in [0.25, 0.3) is 11.4 Å². The predicted molar refractivity (Wildman–Crippen MR) is 112 cm³/mol. The van der Waals surface area contributed by atoms with Crippen molar-refractivity contribution in [1.82, 2.24) is 20.4 Å². The van der Waals surface area contributed by atoms with Gasteiger partial charge >= 0.3 is 18.2 Å². The van der Waals surface area contributed by atoms with Crippen LogP contribution in [0.4, 0.5) is 28.2 Å². The molecule has 0 spiro atoms. The maximum Gasteiger partial charge on any atom is 0.471 e. The molecule has 0 saturated carbocycles. The van der Waals surface area contributed by atoms with Gasteiger partial charge in [-0.15, -0.1) is 0 Å². The summed E-state index contributed by atoms with van der Waals surface area (Å²) in [4.78, 5) is 21.8. The Morgan fingerprint density at radius 2 is 1.94 bits per heavy atom. The molecule has 1 aliphatic heterocycles. The minimum Gasteiger partial charge on any atom is -0.445 e. The highest BCUT2D eigenvalue weighted by atomic mass is 19.4. The lowest BCUT2D eigenvalue weighted by Crippen LogP contribution is -2.30. The van der Waals surface area contributed by atoms with Crippen LogP contribution in [0, 0.1) is 5.82 Å². The van der Waals surface area contributed by atoms with E-state index >= 15 is 0 Å². The summed E-state index contributed by atoms with van der Waals surface area (Å²) in [5.74, 6) is -1.78. The number of pyridine rings is 1. The number of nitrogens with zero attached hydrogens (tertiary/aromatic N) is 4. The molecule has 0 unspecified atom stereocenters. The van der Waals surface area contributed by atoms with Crippen molar-refractivity contribution in [2.75, 3.05) is 18.0 Å². The lowest BCUT2D eigenvalue weighted by atomic mass is 10.1. The van der Waals surface area contributed by atoms with E-state index in [1.165, 1.54) is 18.6 Å². The summed E-state index contributed by atoms with van der Waals surface area (Å²) in [7, 11) is 0. The van der Waals surface area contributed by atoms with E-state index in [0.717, 1.165) is 37.8 Å². The number of benzene rings is 1. The number of carbonyl (C=O) groups is 1. The Bertz CT molecular complexity index is 1130. The van der Waals surface area contributed by atoms with Gasteiger partial charge in [0.25, 0.3) is 0 Å². The molecule has 1 saturated heterocycles. The normalized spacial score (nSPS) is 14.2. The highest BCUT2D eigenvalue weighted by Gasteiger charge is 2.38. The highest BCUT2D eigenvalue weighted by molar-refractivity contribution is 5.67. The van der Waals surface area contributed by atoms with E-state index in [1.807, 2.05) is 12.1 Å². The lowest BCUT2D eigenvalue weighted by Gasteiger charge is -2.27. The van der Waals surface area contributed by atoms with E-state index in [1.54, 1.807) is 6.20 Å². The first-order valence-electron chi connectivity index (χ1n) is 10.6. The number of anilines is 1. The highest BCUT2D eigenvalue weighted by Crippen LogP contribution is 2.29. The summed E-state index contributed by atoms with van der Waals surface area (Å²) in [5.41, 5.74) is 0.821. The van der Waals surface area contributed by atoms with Gasteiger partial charge in [0.2, 0.25) is 5.82 Å². The Labute approximate surface area is 191 Å². The van der Waals surface area contributed by atoms with Crippen LogP contribution >= 0.6 is 0 Å². The third kappa shape index (κ3) is 5.80. The van der Waals surface area contributed by atoms with Crippen molar-refractivity contribution in [2.24, 2.45) is 0 Å². The lowest BCUT2D eigenvalue weighted by molar-refractivity contribution is -0.159. The average Bonchev–Trinajstić information content (AvgIpc) is 3.34. The molecule has 1 N–H and O–H groups in total. The molecule has 1 fully saturated rings. The molecule has 0 aliphatic carbocycles. The Kier molecular flexibility index (Phi) is 6.94. The number of hydrogen-bond acceptors (Lipinski definition) is 7. The molecule has 2 aromatic heterocycles. The van der Waals surface area contributed by atoms with Gasteiger partial charge in [-0.25, -0.2) is 14.2 Å². The zero-order chi connectivity index (χ0) is 24.1. The van der Waals surface area contributed by atoms with Crippen LogP contribution in [-0.4, -0.2) is 34.3 Å². The van der Waals surface area contributed by atoms with Crippen molar-refractivity contribution >= 4 is 11.9 Å². The Hall–Kier alpha value is -3.70. The minimum atomic E-state index is -4.79. The molecule has 0 atom stereocenters. The van der Waals surface area contributed by atoms with Gasteiger partial charge in [0.1, 0.15) is 18.2 Å². The number of carbonyl (C=O) groups excluding carboxylic acids is 1. The monoisotopic (exact) mass is 479 g/mol. The number of piperidine rings is 1.